The maximum Gasteiger partial charge on any atom is 1.00 e. The number of hydrogen-bond acceptors (Lipinski definition) is 5. The van der Waals surface area contributed by atoms with Crippen LogP contribution in [0.15, 0.2) is 42.5 Å². The average Bonchev–Trinajstić information content (AvgIpc) is 2.80. The van der Waals surface area contributed by atoms with Crippen molar-refractivity contribution in [2.45, 2.75) is 6.92 Å². The molecule has 5 nitrogen and oxygen atoms in total. The Morgan fingerprint density at radius 2 is 1.82 bits per heavy atom. The van der Waals surface area contributed by atoms with Gasteiger partial charge in [-0.1, -0.05) is 6.07 Å². The number of fused-ring (bicyclic) bond motifs is 1. The number of nitrogens with zero attached hydrogens (tertiary/aromatic N) is 1. The Morgan fingerprint density at radius 3 is 2.45 bits per heavy atom. The monoisotopic (exact) mass is 342 g/mol. The zero-order valence-corrected chi connectivity index (χ0v) is 15.7. The first-order valence-corrected chi connectivity index (χ1v) is 8.34. The maximum absolute atomic E-state index is 10.6. The van der Waals surface area contributed by atoms with Gasteiger partial charge < -0.3 is 4.55 Å². The van der Waals surface area contributed by atoms with E-state index in [0.717, 1.165) is 20.8 Å². The molecule has 0 radical (unpaired) electrons. The van der Waals surface area contributed by atoms with Crippen LogP contribution in [0.5, 0.6) is 0 Å². The zero-order chi connectivity index (χ0) is 15.0. The molecule has 0 aliphatic rings. The topological polar surface area (TPSA) is 82.1 Å². The summed E-state index contributed by atoms with van der Waals surface area (Å²) in [6.45, 7) is 2.03. The SMILES string of the molecule is Cc1ccc2nc(-c3ccc(NS(=O)(=O)[O-])cc3)sc2c1.[Na+]. The van der Waals surface area contributed by atoms with E-state index in [-0.39, 0.29) is 35.2 Å². The van der Waals surface area contributed by atoms with Gasteiger partial charge in [0.15, 0.2) is 10.3 Å². The molecule has 3 aromatic rings. The largest absolute Gasteiger partial charge is 1.00 e. The van der Waals surface area contributed by atoms with Gasteiger partial charge in [-0.25, -0.2) is 13.4 Å². The fourth-order valence-corrected chi connectivity index (χ4v) is 3.47. The second kappa shape index (κ2) is 6.66. The molecule has 0 fully saturated rings. The van der Waals surface area contributed by atoms with Crippen molar-refractivity contribution in [2.75, 3.05) is 4.72 Å². The molecule has 3 rings (SSSR count). The Balaban J connectivity index is 0.00000176. The summed E-state index contributed by atoms with van der Waals surface area (Å²) in [5, 5.41) is 0.854. The molecule has 0 aliphatic heterocycles. The molecule has 0 saturated carbocycles. The van der Waals surface area contributed by atoms with E-state index >= 15 is 0 Å². The fraction of sp³-hybridized carbons (Fsp3) is 0.0714. The summed E-state index contributed by atoms with van der Waals surface area (Å²) in [5.41, 5.74) is 3.23. The van der Waals surface area contributed by atoms with Crippen molar-refractivity contribution >= 4 is 37.5 Å². The fourth-order valence-electron chi connectivity index (χ4n) is 1.98. The molecule has 0 bridgehead atoms. The molecular formula is C14H11N2NaO3S2. The van der Waals surface area contributed by atoms with Crippen molar-refractivity contribution < 1.29 is 42.5 Å². The third kappa shape index (κ3) is 4.07. The van der Waals surface area contributed by atoms with E-state index in [4.69, 9.17) is 0 Å². The van der Waals surface area contributed by atoms with Crippen LogP contribution in [0.1, 0.15) is 5.56 Å². The van der Waals surface area contributed by atoms with Gasteiger partial charge in [0, 0.05) is 11.3 Å². The van der Waals surface area contributed by atoms with E-state index < -0.39 is 10.3 Å². The minimum absolute atomic E-state index is 0. The second-order valence-electron chi connectivity index (χ2n) is 4.62. The van der Waals surface area contributed by atoms with Crippen molar-refractivity contribution in [3.8, 4) is 10.6 Å². The number of hydrogen-bond donors (Lipinski definition) is 1. The summed E-state index contributed by atoms with van der Waals surface area (Å²) >= 11 is 1.57. The Labute approximate surface area is 154 Å². The number of benzene rings is 2. The van der Waals surface area contributed by atoms with Crippen LogP contribution in [-0.4, -0.2) is 18.0 Å². The number of anilines is 1. The molecule has 108 valence electrons. The van der Waals surface area contributed by atoms with Crippen molar-refractivity contribution in [1.29, 1.82) is 0 Å². The van der Waals surface area contributed by atoms with Gasteiger partial charge in [0.05, 0.1) is 10.2 Å². The molecule has 2 aromatic carbocycles. The Morgan fingerprint density at radius 1 is 1.14 bits per heavy atom. The number of thiazole rings is 1. The van der Waals surface area contributed by atoms with Crippen LogP contribution in [0.3, 0.4) is 0 Å². The Hall–Kier alpha value is -0.960. The van der Waals surface area contributed by atoms with Crippen LogP contribution < -0.4 is 34.3 Å². The summed E-state index contributed by atoms with van der Waals surface area (Å²) in [7, 11) is -4.49. The number of nitrogens with one attached hydrogen (secondary N) is 1. The summed E-state index contributed by atoms with van der Waals surface area (Å²) < 4.78 is 34.9. The summed E-state index contributed by atoms with van der Waals surface area (Å²) in [4.78, 5) is 4.55. The predicted molar refractivity (Wildman–Crippen MR) is 83.1 cm³/mol. The summed E-state index contributed by atoms with van der Waals surface area (Å²) in [6.07, 6.45) is 0. The van der Waals surface area contributed by atoms with Crippen LogP contribution in [0.4, 0.5) is 5.69 Å². The van der Waals surface area contributed by atoms with Crippen molar-refractivity contribution in [1.82, 2.24) is 4.98 Å². The average molecular weight is 342 g/mol. The van der Waals surface area contributed by atoms with Gasteiger partial charge in [-0.15, -0.1) is 11.3 Å². The van der Waals surface area contributed by atoms with Crippen molar-refractivity contribution in [3.05, 3.63) is 48.0 Å². The minimum atomic E-state index is -4.49. The van der Waals surface area contributed by atoms with Crippen LogP contribution in [0.25, 0.3) is 20.8 Å². The van der Waals surface area contributed by atoms with Crippen molar-refractivity contribution in [3.63, 3.8) is 0 Å². The number of aromatic nitrogens is 1. The molecule has 1 N–H and O–H groups in total. The van der Waals surface area contributed by atoms with Crippen LogP contribution in [0, 0.1) is 6.92 Å². The van der Waals surface area contributed by atoms with Crippen LogP contribution in [0.2, 0.25) is 0 Å². The number of rotatable bonds is 3. The molecule has 22 heavy (non-hydrogen) atoms. The van der Waals surface area contributed by atoms with Gasteiger partial charge in [0.2, 0.25) is 0 Å². The molecule has 0 atom stereocenters. The van der Waals surface area contributed by atoms with E-state index in [1.54, 1.807) is 35.6 Å². The zero-order valence-electron chi connectivity index (χ0n) is 12.0. The molecule has 1 heterocycles. The van der Waals surface area contributed by atoms with Gasteiger partial charge in [-0.05, 0) is 48.9 Å². The van der Waals surface area contributed by atoms with E-state index in [0.29, 0.717) is 0 Å². The molecule has 0 aliphatic carbocycles. The summed E-state index contributed by atoms with van der Waals surface area (Å²) in [5.74, 6) is 0. The van der Waals surface area contributed by atoms with E-state index in [1.807, 2.05) is 23.8 Å². The molecule has 0 amide bonds. The van der Waals surface area contributed by atoms with Gasteiger partial charge in [0.25, 0.3) is 0 Å². The molecule has 0 saturated heterocycles. The molecule has 8 heteroatoms. The van der Waals surface area contributed by atoms with Crippen LogP contribution in [-0.2, 0) is 10.3 Å². The standard InChI is InChI=1S/C14H12N2O3S2.Na/c1-9-2-7-12-13(8-9)20-14(15-12)10-3-5-11(6-4-10)16-21(17,18)19;/h2-8,16H,1H3,(H,17,18,19);/q;+1/p-1. The van der Waals surface area contributed by atoms with Crippen molar-refractivity contribution in [2.24, 2.45) is 0 Å². The third-order valence-electron chi connectivity index (χ3n) is 2.92. The maximum atomic E-state index is 10.6. The molecule has 0 spiro atoms. The van der Waals surface area contributed by atoms with E-state index in [1.165, 1.54) is 5.56 Å². The minimum Gasteiger partial charge on any atom is -0.731 e. The van der Waals surface area contributed by atoms with Crippen LogP contribution >= 0.6 is 11.3 Å². The molecule has 0 unspecified atom stereocenters. The van der Waals surface area contributed by atoms with E-state index in [2.05, 4.69) is 11.1 Å². The third-order valence-corrected chi connectivity index (χ3v) is 4.47. The normalized spacial score (nSPS) is 11.2. The Bertz CT molecular complexity index is 905. The smallest absolute Gasteiger partial charge is 0.731 e. The molecular weight excluding hydrogens is 331 g/mol. The van der Waals surface area contributed by atoms with Gasteiger partial charge in [-0.3, -0.25) is 4.72 Å². The Kier molecular flexibility index (Phi) is 5.26. The summed E-state index contributed by atoms with van der Waals surface area (Å²) in [6, 6.07) is 12.6. The molecule has 1 aromatic heterocycles. The first kappa shape index (κ1) is 17.4. The van der Waals surface area contributed by atoms with Gasteiger partial charge in [0.1, 0.15) is 5.01 Å². The first-order valence-electron chi connectivity index (χ1n) is 6.12. The number of aryl methyl sites for hydroxylation is 1. The van der Waals surface area contributed by atoms with Gasteiger partial charge in [-0.2, -0.15) is 0 Å². The second-order valence-corrected chi connectivity index (χ2v) is 6.77. The van der Waals surface area contributed by atoms with Gasteiger partial charge >= 0.3 is 29.6 Å². The quantitative estimate of drug-likeness (QED) is 0.543. The van der Waals surface area contributed by atoms with E-state index in [9.17, 15) is 13.0 Å². The first-order chi connectivity index (χ1) is 9.90. The predicted octanol–water partition coefficient (Wildman–Crippen LogP) is 0.148.